The van der Waals surface area contributed by atoms with Crippen molar-refractivity contribution in [3.05, 3.63) is 0 Å². The van der Waals surface area contributed by atoms with E-state index in [-0.39, 0.29) is 38.4 Å². The third kappa shape index (κ3) is 4.60. The summed E-state index contributed by atoms with van der Waals surface area (Å²) in [6.07, 6.45) is -0.310. The lowest BCUT2D eigenvalue weighted by molar-refractivity contribution is -0.154. The number of nitrogens with zero attached hydrogens (tertiary/aromatic N) is 4. The van der Waals surface area contributed by atoms with Gasteiger partial charge in [0.1, 0.15) is 0 Å². The first-order valence-corrected chi connectivity index (χ1v) is 10.8. The highest BCUT2D eigenvalue weighted by Crippen LogP contribution is 2.19. The predicted octanol–water partition coefficient (Wildman–Crippen LogP) is -1.66. The van der Waals surface area contributed by atoms with Gasteiger partial charge >= 0.3 is 11.8 Å². The Morgan fingerprint density at radius 3 is 1.78 bits per heavy atom. The molecule has 11 heteroatoms. The molecule has 0 aromatic carbocycles. The number of carbonyl (C=O) groups excluding carboxylic acids is 2. The van der Waals surface area contributed by atoms with Gasteiger partial charge in [0, 0.05) is 52.4 Å². The van der Waals surface area contributed by atoms with Crippen LogP contribution >= 0.6 is 0 Å². The van der Waals surface area contributed by atoms with Crippen molar-refractivity contribution in [3.8, 4) is 0 Å². The molecule has 0 spiro atoms. The Hall–Kier alpha value is -1.27. The molecule has 3 heterocycles. The maximum Gasteiger partial charge on any atom is 0.312 e. The molecule has 2 unspecified atom stereocenters. The number of carbonyl (C=O) groups is 2. The number of hydrogen-bond donors (Lipinski definition) is 0. The van der Waals surface area contributed by atoms with Gasteiger partial charge in [-0.05, 0) is 13.8 Å². The van der Waals surface area contributed by atoms with E-state index in [1.165, 1.54) is 18.4 Å². The lowest BCUT2D eigenvalue weighted by atomic mass is 10.3. The van der Waals surface area contributed by atoms with Gasteiger partial charge in [-0.2, -0.15) is 17.0 Å². The molecule has 0 bridgehead atoms. The van der Waals surface area contributed by atoms with Crippen molar-refractivity contribution in [2.24, 2.45) is 0 Å². The van der Waals surface area contributed by atoms with E-state index >= 15 is 0 Å². The van der Waals surface area contributed by atoms with Crippen LogP contribution in [-0.4, -0.2) is 116 Å². The number of amides is 2. The smallest absolute Gasteiger partial charge is 0.312 e. The minimum Gasteiger partial charge on any atom is -0.378 e. The molecule has 154 valence electrons. The van der Waals surface area contributed by atoms with Gasteiger partial charge in [-0.3, -0.25) is 9.59 Å². The van der Waals surface area contributed by atoms with Gasteiger partial charge in [-0.25, -0.2) is 0 Å². The minimum atomic E-state index is -3.60. The highest BCUT2D eigenvalue weighted by atomic mass is 32.2. The van der Waals surface area contributed by atoms with E-state index in [1.807, 2.05) is 13.8 Å². The summed E-state index contributed by atoms with van der Waals surface area (Å²) in [4.78, 5) is 27.7. The van der Waals surface area contributed by atoms with Crippen LogP contribution in [0.15, 0.2) is 0 Å². The Bertz CT molecular complexity index is 648. The van der Waals surface area contributed by atoms with E-state index in [4.69, 9.17) is 9.47 Å². The van der Waals surface area contributed by atoms with Crippen LogP contribution in [0.3, 0.4) is 0 Å². The molecule has 2 amide bonds. The fraction of sp³-hybridized carbons (Fsp3) is 0.875. The molecular weight excluding hydrogens is 376 g/mol. The van der Waals surface area contributed by atoms with Crippen molar-refractivity contribution in [2.45, 2.75) is 26.1 Å². The van der Waals surface area contributed by atoms with Crippen LogP contribution in [0.4, 0.5) is 0 Å². The molecule has 0 N–H and O–H groups in total. The van der Waals surface area contributed by atoms with Crippen LogP contribution in [0, 0.1) is 0 Å². The molecule has 3 saturated heterocycles. The van der Waals surface area contributed by atoms with Crippen LogP contribution < -0.4 is 0 Å². The van der Waals surface area contributed by atoms with Crippen LogP contribution in [0.2, 0.25) is 0 Å². The summed E-state index contributed by atoms with van der Waals surface area (Å²) in [6.45, 7) is 6.82. The van der Waals surface area contributed by atoms with Gasteiger partial charge in [0.05, 0.1) is 25.4 Å². The summed E-state index contributed by atoms with van der Waals surface area (Å²) in [5, 5.41) is 0. The molecule has 3 aliphatic heterocycles. The molecule has 0 aromatic rings. The number of ether oxygens (including phenoxy) is 2. The van der Waals surface area contributed by atoms with Crippen molar-refractivity contribution in [1.82, 2.24) is 18.4 Å². The van der Waals surface area contributed by atoms with Gasteiger partial charge < -0.3 is 19.3 Å². The van der Waals surface area contributed by atoms with E-state index < -0.39 is 22.0 Å². The molecule has 2 atom stereocenters. The molecule has 10 nitrogen and oxygen atoms in total. The van der Waals surface area contributed by atoms with Gasteiger partial charge in [0.15, 0.2) is 0 Å². The van der Waals surface area contributed by atoms with Crippen LogP contribution in [0.25, 0.3) is 0 Å². The molecular formula is C16H28N4O6S. The van der Waals surface area contributed by atoms with Crippen molar-refractivity contribution >= 4 is 22.0 Å². The predicted molar refractivity (Wildman–Crippen MR) is 96.1 cm³/mol. The van der Waals surface area contributed by atoms with Gasteiger partial charge in [-0.1, -0.05) is 0 Å². The fourth-order valence-corrected chi connectivity index (χ4v) is 5.39. The molecule has 3 aliphatic rings. The molecule has 3 fully saturated rings. The first-order valence-electron chi connectivity index (χ1n) is 9.35. The SMILES string of the molecule is CC1CN(S(=O)(=O)N2CCN(C(=O)C(=O)N3CCOCC3)CC2)CC(C)O1. The maximum absolute atomic E-state index is 12.9. The second-order valence-corrected chi connectivity index (χ2v) is 9.11. The maximum atomic E-state index is 12.9. The highest BCUT2D eigenvalue weighted by Gasteiger charge is 2.38. The summed E-state index contributed by atoms with van der Waals surface area (Å²) in [5.41, 5.74) is 0. The van der Waals surface area contributed by atoms with E-state index in [0.717, 1.165) is 0 Å². The number of piperazine rings is 1. The third-order valence-corrected chi connectivity index (χ3v) is 7.01. The molecule has 0 aliphatic carbocycles. The lowest BCUT2D eigenvalue weighted by Gasteiger charge is -2.40. The normalized spacial score (nSPS) is 29.0. The summed E-state index contributed by atoms with van der Waals surface area (Å²) in [7, 11) is -3.60. The largest absolute Gasteiger partial charge is 0.378 e. The summed E-state index contributed by atoms with van der Waals surface area (Å²) in [5.74, 6) is -1.10. The Morgan fingerprint density at radius 2 is 1.26 bits per heavy atom. The first-order chi connectivity index (χ1) is 12.8. The summed E-state index contributed by atoms with van der Waals surface area (Å²) >= 11 is 0. The Balaban J connectivity index is 1.56. The zero-order chi connectivity index (χ0) is 19.6. The minimum absolute atomic E-state index is 0.155. The Morgan fingerprint density at radius 1 is 0.778 bits per heavy atom. The Labute approximate surface area is 160 Å². The second kappa shape index (κ2) is 8.39. The first kappa shape index (κ1) is 20.5. The topological polar surface area (TPSA) is 99.7 Å². The van der Waals surface area contributed by atoms with Gasteiger partial charge in [0.2, 0.25) is 0 Å². The zero-order valence-corrected chi connectivity index (χ0v) is 16.7. The number of rotatable bonds is 2. The fourth-order valence-electron chi connectivity index (χ4n) is 3.64. The summed E-state index contributed by atoms with van der Waals surface area (Å²) < 4.78 is 39.4. The quantitative estimate of drug-likeness (QED) is 0.511. The van der Waals surface area contributed by atoms with Crippen LogP contribution in [-0.2, 0) is 29.3 Å². The average molecular weight is 404 g/mol. The number of hydrogen-bond acceptors (Lipinski definition) is 6. The third-order valence-electron chi connectivity index (χ3n) is 5.05. The Kier molecular flexibility index (Phi) is 6.36. The lowest BCUT2D eigenvalue weighted by Crippen LogP contribution is -2.59. The van der Waals surface area contributed by atoms with Crippen LogP contribution in [0.5, 0.6) is 0 Å². The van der Waals surface area contributed by atoms with Gasteiger partial charge in [-0.15, -0.1) is 0 Å². The zero-order valence-electron chi connectivity index (χ0n) is 15.9. The summed E-state index contributed by atoms with van der Waals surface area (Å²) in [6, 6.07) is 0. The van der Waals surface area contributed by atoms with Crippen molar-refractivity contribution in [1.29, 1.82) is 0 Å². The van der Waals surface area contributed by atoms with E-state index in [1.54, 1.807) is 0 Å². The van der Waals surface area contributed by atoms with E-state index in [0.29, 0.717) is 39.4 Å². The average Bonchev–Trinajstić information content (AvgIpc) is 2.67. The van der Waals surface area contributed by atoms with E-state index in [2.05, 4.69) is 0 Å². The molecule has 27 heavy (non-hydrogen) atoms. The van der Waals surface area contributed by atoms with Crippen molar-refractivity contribution < 1.29 is 27.5 Å². The standard InChI is InChI=1S/C16H28N4O6S/c1-13-11-20(12-14(2)26-13)27(23,24)19-5-3-17(4-6-19)15(21)16(22)18-7-9-25-10-8-18/h13-14H,3-12H2,1-2H3. The molecule has 0 aromatic heterocycles. The van der Waals surface area contributed by atoms with Gasteiger partial charge in [0.25, 0.3) is 10.2 Å². The van der Waals surface area contributed by atoms with E-state index in [9.17, 15) is 18.0 Å². The molecule has 0 saturated carbocycles. The van der Waals surface area contributed by atoms with Crippen molar-refractivity contribution in [3.63, 3.8) is 0 Å². The van der Waals surface area contributed by atoms with Crippen molar-refractivity contribution in [2.75, 3.05) is 65.6 Å². The molecule has 0 radical (unpaired) electrons. The number of morpholine rings is 2. The highest BCUT2D eigenvalue weighted by molar-refractivity contribution is 7.86. The molecule has 3 rings (SSSR count). The second-order valence-electron chi connectivity index (χ2n) is 7.18. The monoisotopic (exact) mass is 404 g/mol. The van der Waals surface area contributed by atoms with Crippen LogP contribution in [0.1, 0.15) is 13.8 Å².